The number of benzene rings is 4. The second-order valence-electron chi connectivity index (χ2n) is 26.2. The number of carbonyl (C=O) groups is 8. The van der Waals surface area contributed by atoms with Gasteiger partial charge in [-0.05, 0) is 74.2 Å². The van der Waals surface area contributed by atoms with Gasteiger partial charge in [0.15, 0.2) is 0 Å². The van der Waals surface area contributed by atoms with Crippen LogP contribution < -0.4 is 67.2 Å². The summed E-state index contributed by atoms with van der Waals surface area (Å²) in [4.78, 5) is 123. The standard InChI is InChI=1S/C79H121N13O17/c1-6-10-47-106-68-60-18-14-22-64(68)76(97)85-31-39-91(45-52-103-57-56-102-51-26-80)40-32-86-77(98)65-23-15-19-61(69(65)107-48-11-7-2)73(94)82-28-36-89(35-27-81-72(60)93)43-44-90-37-29-83-74(95)62-20-16-24-66(70(62)108-49-12-8-3)78(99)87-33-41-92(46-53-104-58-59-105-55-54-101-5)42-34-88-79(100)67-25-17-21-63(75(96)84-30-38-90)71(67)109-50-13-9-4/h14-25H,6-13,26-59,80H2,1-5H3,(H,81,93)(H,82,94)(H,83,95)(H,84,96)(H,85,97)(H,86,98)(H,87,99)(H,88,100). The Labute approximate surface area is 643 Å². The first-order chi connectivity index (χ1) is 53.3. The van der Waals surface area contributed by atoms with E-state index < -0.39 is 47.3 Å². The fraction of sp³-hybridized carbons (Fsp3) is 0.595. The van der Waals surface area contributed by atoms with Gasteiger partial charge in [-0.15, -0.1) is 0 Å². The van der Waals surface area contributed by atoms with E-state index in [1.807, 2.05) is 32.6 Å². The van der Waals surface area contributed by atoms with E-state index in [-0.39, 0.29) is 172 Å². The third kappa shape index (κ3) is 32.1. The number of ether oxygens (including phenoxy) is 9. The van der Waals surface area contributed by atoms with Crippen LogP contribution in [-0.2, 0) is 23.7 Å². The zero-order chi connectivity index (χ0) is 78.1. The molecule has 0 aliphatic carbocycles. The summed E-state index contributed by atoms with van der Waals surface area (Å²) in [6.07, 6.45) is 5.88. The molecular weight excluding hydrogens is 1400 g/mol. The van der Waals surface area contributed by atoms with Gasteiger partial charge >= 0.3 is 0 Å². The quantitative estimate of drug-likeness (QED) is 0.0287. The van der Waals surface area contributed by atoms with E-state index in [1.165, 1.54) is 0 Å². The molecule has 30 heteroatoms. The first-order valence-corrected chi connectivity index (χ1v) is 38.9. The largest absolute Gasteiger partial charge is 0.492 e. The van der Waals surface area contributed by atoms with Crippen LogP contribution in [0, 0.1) is 0 Å². The number of methoxy groups -OCH3 is 1. The molecule has 2 aliphatic rings. The summed E-state index contributed by atoms with van der Waals surface area (Å²) in [5.41, 5.74) is 6.99. The average Bonchev–Trinajstić information content (AvgIpc) is 0.838. The number of rotatable bonds is 36. The third-order valence-corrected chi connectivity index (χ3v) is 18.0. The highest BCUT2D eigenvalue weighted by Crippen LogP contribution is 2.29. The van der Waals surface area contributed by atoms with Crippen LogP contribution in [0.2, 0.25) is 0 Å². The summed E-state index contributed by atoms with van der Waals surface area (Å²) < 4.78 is 53.0. The number of amides is 8. The lowest BCUT2D eigenvalue weighted by Crippen LogP contribution is -2.46. The molecule has 2 aliphatic heterocycles. The molecule has 0 spiro atoms. The topological polar surface area (TPSA) is 355 Å². The molecule has 30 nitrogen and oxygen atoms in total. The summed E-state index contributed by atoms with van der Waals surface area (Å²) in [6.45, 7) is 18.3. The van der Waals surface area contributed by atoms with E-state index in [0.717, 1.165) is 25.7 Å². The zero-order valence-corrected chi connectivity index (χ0v) is 64.9. The molecule has 0 aromatic heterocycles. The molecule has 0 saturated heterocycles. The number of nitrogens with two attached hydrogens (primary N) is 1. The molecule has 6 rings (SSSR count). The average molecular weight is 1520 g/mol. The highest BCUT2D eigenvalue weighted by Gasteiger charge is 2.27. The molecule has 0 saturated carbocycles. The Morgan fingerprint density at radius 2 is 0.486 bits per heavy atom. The molecule has 0 atom stereocenters. The van der Waals surface area contributed by atoms with Gasteiger partial charge < -0.3 is 90.9 Å². The van der Waals surface area contributed by atoms with E-state index in [9.17, 15) is 38.4 Å². The van der Waals surface area contributed by atoms with E-state index in [0.29, 0.717) is 144 Å². The fourth-order valence-electron chi connectivity index (χ4n) is 11.7. The maximum Gasteiger partial charge on any atom is 0.255 e. The van der Waals surface area contributed by atoms with E-state index >= 15 is 0 Å². The summed E-state index contributed by atoms with van der Waals surface area (Å²) in [5.74, 6) is -3.07. The highest BCUT2D eigenvalue weighted by molar-refractivity contribution is 6.07. The maximum absolute atomic E-state index is 14.5. The molecule has 604 valence electrons. The lowest BCUT2D eigenvalue weighted by Gasteiger charge is -2.28. The first-order valence-electron chi connectivity index (χ1n) is 38.9. The Morgan fingerprint density at radius 1 is 0.284 bits per heavy atom. The van der Waals surface area contributed by atoms with Crippen LogP contribution in [0.3, 0.4) is 0 Å². The Balaban J connectivity index is 1.31. The number of fused-ring (bicyclic) bond motifs is 8. The van der Waals surface area contributed by atoms with Gasteiger partial charge in [0, 0.05) is 145 Å². The molecule has 4 aromatic carbocycles. The van der Waals surface area contributed by atoms with Gasteiger partial charge in [-0.2, -0.15) is 0 Å². The molecule has 0 radical (unpaired) electrons. The van der Waals surface area contributed by atoms with Crippen molar-refractivity contribution in [1.29, 1.82) is 0 Å². The fourth-order valence-corrected chi connectivity index (χ4v) is 11.7. The van der Waals surface area contributed by atoms with Crippen molar-refractivity contribution in [2.24, 2.45) is 5.73 Å². The van der Waals surface area contributed by atoms with Gasteiger partial charge in [-0.25, -0.2) is 0 Å². The number of hydrogen-bond acceptors (Lipinski definition) is 22. The molecule has 10 N–H and O–H groups in total. The van der Waals surface area contributed by atoms with Crippen molar-refractivity contribution < 1.29 is 81.0 Å². The molecule has 0 unspecified atom stereocenters. The minimum absolute atomic E-state index is 0.108. The zero-order valence-electron chi connectivity index (χ0n) is 64.9. The van der Waals surface area contributed by atoms with E-state index in [1.54, 1.807) is 79.9 Å². The number of unbranched alkanes of at least 4 members (excludes halogenated alkanes) is 4. The van der Waals surface area contributed by atoms with E-state index in [4.69, 9.17) is 48.4 Å². The van der Waals surface area contributed by atoms with Crippen molar-refractivity contribution in [3.63, 3.8) is 0 Å². The van der Waals surface area contributed by atoms with Crippen LogP contribution in [-0.4, -0.2) is 297 Å². The van der Waals surface area contributed by atoms with E-state index in [2.05, 4.69) is 57.2 Å². The molecule has 109 heavy (non-hydrogen) atoms. The molecule has 4 aromatic rings. The normalized spacial score (nSPS) is 16.2. The monoisotopic (exact) mass is 1520 g/mol. The van der Waals surface area contributed by atoms with Crippen molar-refractivity contribution in [1.82, 2.24) is 62.1 Å². The van der Waals surface area contributed by atoms with Crippen LogP contribution in [0.4, 0.5) is 0 Å². The first kappa shape index (κ1) is 89.3. The second kappa shape index (κ2) is 53.3. The Bertz CT molecular complexity index is 3190. The van der Waals surface area contributed by atoms with Gasteiger partial charge in [0.2, 0.25) is 0 Å². The highest BCUT2D eigenvalue weighted by atomic mass is 16.5. The van der Waals surface area contributed by atoms with Crippen molar-refractivity contribution in [3.8, 4) is 23.0 Å². The van der Waals surface area contributed by atoms with Crippen LogP contribution in [0.1, 0.15) is 162 Å². The van der Waals surface area contributed by atoms with Crippen LogP contribution >= 0.6 is 0 Å². The third-order valence-electron chi connectivity index (χ3n) is 18.0. The van der Waals surface area contributed by atoms with Gasteiger partial charge in [-0.1, -0.05) is 77.6 Å². The summed E-state index contributed by atoms with van der Waals surface area (Å²) in [7, 11) is 1.61. The van der Waals surface area contributed by atoms with Crippen molar-refractivity contribution >= 4 is 47.3 Å². The minimum Gasteiger partial charge on any atom is -0.492 e. The SMILES string of the molecule is CCCCOc1c2cccc1C(=O)NCCN(CCN1CCNC(=O)c3cccc(c3OCCCC)C(=O)NCCN(CCOCCOCCOC)CCNC(=O)c3cccc(c3OCCCC)C(=O)NCC1)CCNC(=O)c1cccc(c1OCCCC)C(=O)NCCN(CCOCCOCCN)CCNC2=O. The number of carbonyl (C=O) groups excluding carboxylic acids is 8. The van der Waals surface area contributed by atoms with Gasteiger partial charge in [0.25, 0.3) is 47.3 Å². The number of para-hydroxylation sites is 4. The smallest absolute Gasteiger partial charge is 0.255 e. The minimum atomic E-state index is -0.473. The Kier molecular flexibility index (Phi) is 43.7. The Morgan fingerprint density at radius 3 is 0.697 bits per heavy atom. The molecule has 8 bridgehead atoms. The number of nitrogens with zero attached hydrogens (tertiary/aromatic N) is 4. The summed E-state index contributed by atoms with van der Waals surface area (Å²) in [5, 5.41) is 24.4. The van der Waals surface area contributed by atoms with Crippen LogP contribution in [0.5, 0.6) is 23.0 Å². The lowest BCUT2D eigenvalue weighted by atomic mass is 10.1. The van der Waals surface area contributed by atoms with Gasteiger partial charge in [0.1, 0.15) is 23.0 Å². The molecular formula is C79H121N13O17. The molecule has 8 amide bonds. The predicted octanol–water partition coefficient (Wildman–Crippen LogP) is 4.25. The maximum atomic E-state index is 14.5. The number of nitrogens with one attached hydrogen (secondary N) is 8. The van der Waals surface area contributed by atoms with Gasteiger partial charge in [-0.3, -0.25) is 58.0 Å². The molecule has 0 fully saturated rings. The van der Waals surface area contributed by atoms with Crippen LogP contribution in [0.25, 0.3) is 0 Å². The van der Waals surface area contributed by atoms with Crippen molar-refractivity contribution in [2.45, 2.75) is 79.1 Å². The lowest BCUT2D eigenvalue weighted by molar-refractivity contribution is 0.0196. The van der Waals surface area contributed by atoms with Crippen molar-refractivity contribution in [3.05, 3.63) is 117 Å². The van der Waals surface area contributed by atoms with Crippen LogP contribution in [0.15, 0.2) is 72.8 Å². The summed E-state index contributed by atoms with van der Waals surface area (Å²) in [6, 6.07) is 19.5. The molecule has 2 heterocycles. The van der Waals surface area contributed by atoms with Crippen molar-refractivity contribution in [2.75, 3.05) is 230 Å². The predicted molar refractivity (Wildman–Crippen MR) is 416 cm³/mol. The number of hydrogen-bond donors (Lipinski definition) is 9. The second-order valence-corrected chi connectivity index (χ2v) is 26.2. The summed E-state index contributed by atoms with van der Waals surface area (Å²) >= 11 is 0. The Hall–Kier alpha value is -8.56. The van der Waals surface area contributed by atoms with Gasteiger partial charge in [0.05, 0.1) is 130 Å².